The first-order valence-electron chi connectivity index (χ1n) is 6.32. The number of hydrogen-bond donors (Lipinski definition) is 1. The second-order valence-corrected chi connectivity index (χ2v) is 4.66. The number of benzene rings is 1. The molecule has 2 heteroatoms. The number of aryl methyl sites for hydroxylation is 1. The molecule has 0 amide bonds. The average molecular weight is 245 g/mol. The Morgan fingerprint density at radius 2 is 1.94 bits per heavy atom. The molecule has 0 unspecified atom stereocenters. The second-order valence-electron chi connectivity index (χ2n) is 4.66. The van der Waals surface area contributed by atoms with E-state index < -0.39 is 0 Å². The van der Waals surface area contributed by atoms with Gasteiger partial charge in [0.15, 0.2) is 0 Å². The molecule has 0 heterocycles. The van der Waals surface area contributed by atoms with Crippen LogP contribution in [-0.4, -0.2) is 6.61 Å². The van der Waals surface area contributed by atoms with Crippen LogP contribution in [0.2, 0.25) is 0 Å². The maximum Gasteiger partial charge on any atom is 0.122 e. The molecule has 0 aliphatic rings. The molecule has 2 nitrogen and oxygen atoms in total. The summed E-state index contributed by atoms with van der Waals surface area (Å²) in [6, 6.07) is 8.06. The molecule has 1 aromatic carbocycles. The Balaban J connectivity index is 2.42. The topological polar surface area (TPSA) is 35.2 Å². The third-order valence-electron chi connectivity index (χ3n) is 2.91. The average Bonchev–Trinajstić information content (AvgIpc) is 2.30. The van der Waals surface area contributed by atoms with Crippen LogP contribution in [0.4, 0.5) is 0 Å². The van der Waals surface area contributed by atoms with Gasteiger partial charge in [0, 0.05) is 5.70 Å². The largest absolute Gasteiger partial charge is 0.493 e. The maximum absolute atomic E-state index is 5.83. The van der Waals surface area contributed by atoms with Crippen LogP contribution in [0.25, 0.3) is 0 Å². The fourth-order valence-corrected chi connectivity index (χ4v) is 1.90. The highest BCUT2D eigenvalue weighted by atomic mass is 16.5. The molecule has 1 rings (SSSR count). The number of nitrogens with two attached hydrogens (primary N) is 1. The van der Waals surface area contributed by atoms with Gasteiger partial charge in [-0.2, -0.15) is 0 Å². The van der Waals surface area contributed by atoms with Crippen molar-refractivity contribution in [2.45, 2.75) is 33.6 Å². The molecule has 0 bridgehead atoms. The third-order valence-corrected chi connectivity index (χ3v) is 2.91. The number of ether oxygens (including phenoxy) is 1. The molecule has 0 atom stereocenters. The summed E-state index contributed by atoms with van der Waals surface area (Å²) in [5.41, 5.74) is 10.1. The van der Waals surface area contributed by atoms with Gasteiger partial charge in [-0.05, 0) is 50.8 Å². The summed E-state index contributed by atoms with van der Waals surface area (Å²) in [5, 5.41) is 0. The van der Waals surface area contributed by atoms with Gasteiger partial charge in [0.05, 0.1) is 6.61 Å². The van der Waals surface area contributed by atoms with Crippen molar-refractivity contribution in [3.05, 3.63) is 53.3 Å². The number of allylic oxidation sites excluding steroid dienone is 3. The minimum Gasteiger partial charge on any atom is -0.493 e. The predicted octanol–water partition coefficient (Wildman–Crippen LogP) is 3.96. The molecule has 98 valence electrons. The lowest BCUT2D eigenvalue weighted by atomic mass is 10.0. The first-order valence-corrected chi connectivity index (χ1v) is 6.32. The van der Waals surface area contributed by atoms with Crippen LogP contribution in [0.15, 0.2) is 47.7 Å². The first-order chi connectivity index (χ1) is 8.52. The molecule has 2 N–H and O–H groups in total. The molecule has 0 aliphatic carbocycles. The normalized spacial score (nSPS) is 11.9. The Morgan fingerprint density at radius 1 is 1.28 bits per heavy atom. The van der Waals surface area contributed by atoms with Gasteiger partial charge in [0.25, 0.3) is 0 Å². The number of hydrogen-bond acceptors (Lipinski definition) is 2. The van der Waals surface area contributed by atoms with E-state index in [4.69, 9.17) is 10.5 Å². The zero-order chi connectivity index (χ0) is 13.5. The Morgan fingerprint density at radius 3 is 2.50 bits per heavy atom. The molecule has 0 fully saturated rings. The van der Waals surface area contributed by atoms with E-state index in [9.17, 15) is 0 Å². The number of para-hydroxylation sites is 1. The van der Waals surface area contributed by atoms with Crippen molar-refractivity contribution in [3.8, 4) is 5.75 Å². The van der Waals surface area contributed by atoms with E-state index in [1.54, 1.807) is 0 Å². The van der Waals surface area contributed by atoms with Crippen molar-refractivity contribution >= 4 is 0 Å². The fourth-order valence-electron chi connectivity index (χ4n) is 1.90. The lowest BCUT2D eigenvalue weighted by molar-refractivity contribution is 0.309. The Labute approximate surface area is 110 Å². The van der Waals surface area contributed by atoms with Crippen molar-refractivity contribution in [1.29, 1.82) is 0 Å². The second kappa shape index (κ2) is 6.90. The first kappa shape index (κ1) is 14.4. The summed E-state index contributed by atoms with van der Waals surface area (Å²) in [5.74, 6) is 0.961. The predicted molar refractivity (Wildman–Crippen MR) is 77.6 cm³/mol. The summed E-state index contributed by atoms with van der Waals surface area (Å²) >= 11 is 0. The smallest absolute Gasteiger partial charge is 0.122 e. The molecule has 0 aliphatic heterocycles. The molecule has 0 aromatic heterocycles. The Hall–Kier alpha value is -1.70. The highest BCUT2D eigenvalue weighted by Gasteiger charge is 2.03. The van der Waals surface area contributed by atoms with Crippen LogP contribution in [0.1, 0.15) is 32.3 Å². The van der Waals surface area contributed by atoms with Crippen LogP contribution in [0.5, 0.6) is 5.75 Å². The monoisotopic (exact) mass is 245 g/mol. The van der Waals surface area contributed by atoms with Gasteiger partial charge in [0.2, 0.25) is 0 Å². The van der Waals surface area contributed by atoms with E-state index in [0.717, 1.165) is 35.4 Å². The zero-order valence-electron chi connectivity index (χ0n) is 11.6. The van der Waals surface area contributed by atoms with Crippen molar-refractivity contribution in [3.63, 3.8) is 0 Å². The van der Waals surface area contributed by atoms with Gasteiger partial charge in [-0.1, -0.05) is 30.4 Å². The molecule has 1 aromatic rings. The summed E-state index contributed by atoms with van der Waals surface area (Å²) in [6.07, 6.45) is 1.87. The molecule has 0 spiro atoms. The summed E-state index contributed by atoms with van der Waals surface area (Å²) in [4.78, 5) is 0. The minimum absolute atomic E-state index is 0.703. The van der Waals surface area contributed by atoms with E-state index >= 15 is 0 Å². The van der Waals surface area contributed by atoms with Gasteiger partial charge in [0.1, 0.15) is 5.75 Å². The van der Waals surface area contributed by atoms with Crippen molar-refractivity contribution in [1.82, 2.24) is 0 Å². The third kappa shape index (κ3) is 4.28. The van der Waals surface area contributed by atoms with Crippen LogP contribution in [-0.2, 0) is 0 Å². The lowest BCUT2D eigenvalue weighted by Gasteiger charge is -2.11. The van der Waals surface area contributed by atoms with Gasteiger partial charge < -0.3 is 10.5 Å². The quantitative estimate of drug-likeness (QED) is 0.608. The van der Waals surface area contributed by atoms with Gasteiger partial charge in [-0.15, -0.1) is 0 Å². The van der Waals surface area contributed by atoms with Crippen LogP contribution in [0, 0.1) is 6.92 Å². The molecule has 18 heavy (non-hydrogen) atoms. The Bertz CT molecular complexity index is 442. The highest BCUT2D eigenvalue weighted by Crippen LogP contribution is 2.19. The van der Waals surface area contributed by atoms with E-state index in [-0.39, 0.29) is 0 Å². The van der Waals surface area contributed by atoms with Gasteiger partial charge >= 0.3 is 0 Å². The summed E-state index contributed by atoms with van der Waals surface area (Å²) in [6.45, 7) is 10.6. The summed E-state index contributed by atoms with van der Waals surface area (Å²) < 4.78 is 5.75. The highest BCUT2D eigenvalue weighted by molar-refractivity contribution is 5.32. The minimum atomic E-state index is 0.703. The molecule has 0 saturated carbocycles. The number of rotatable bonds is 6. The van der Waals surface area contributed by atoms with Crippen molar-refractivity contribution < 1.29 is 4.74 Å². The molecular weight excluding hydrogens is 222 g/mol. The zero-order valence-corrected chi connectivity index (χ0v) is 11.6. The molecule has 0 saturated heterocycles. The maximum atomic E-state index is 5.83. The van der Waals surface area contributed by atoms with Gasteiger partial charge in [-0.3, -0.25) is 0 Å². The van der Waals surface area contributed by atoms with Gasteiger partial charge in [-0.25, -0.2) is 0 Å². The van der Waals surface area contributed by atoms with E-state index in [1.165, 1.54) is 5.56 Å². The van der Waals surface area contributed by atoms with Crippen LogP contribution in [0.3, 0.4) is 0 Å². The Kier molecular flexibility index (Phi) is 5.50. The van der Waals surface area contributed by atoms with E-state index in [2.05, 4.69) is 19.6 Å². The van der Waals surface area contributed by atoms with Crippen molar-refractivity contribution in [2.24, 2.45) is 5.73 Å². The molecule has 0 radical (unpaired) electrons. The van der Waals surface area contributed by atoms with E-state index in [0.29, 0.717) is 6.61 Å². The lowest BCUT2D eigenvalue weighted by Crippen LogP contribution is -2.03. The summed E-state index contributed by atoms with van der Waals surface area (Å²) in [7, 11) is 0. The standard InChI is InChI=1S/C16H23NO/c1-12(2)15(14(4)17)9-7-11-18-16-10-6-5-8-13(16)3/h5-6,8,10H,1,7,9,11,17H2,2-4H3/b15-14-. The molecular formula is C16H23NO. The van der Waals surface area contributed by atoms with Crippen LogP contribution < -0.4 is 10.5 Å². The fraction of sp³-hybridized carbons (Fsp3) is 0.375. The van der Waals surface area contributed by atoms with Crippen LogP contribution >= 0.6 is 0 Å². The van der Waals surface area contributed by atoms with Crippen molar-refractivity contribution in [2.75, 3.05) is 6.61 Å². The van der Waals surface area contributed by atoms with E-state index in [1.807, 2.05) is 32.0 Å². The SMILES string of the molecule is C=C(C)/C(CCCOc1ccccc1C)=C(/C)N.